The molecular formula is C14H14ClN. The van der Waals surface area contributed by atoms with E-state index in [2.05, 4.69) is 26.0 Å². The lowest BCUT2D eigenvalue weighted by Gasteiger charge is -2.10. The van der Waals surface area contributed by atoms with Crippen LogP contribution < -0.4 is 5.73 Å². The number of hydrogen-bond acceptors (Lipinski definition) is 1. The van der Waals surface area contributed by atoms with Gasteiger partial charge in [0.25, 0.3) is 0 Å². The fraction of sp³-hybridized carbons (Fsp3) is 0.143. The summed E-state index contributed by atoms with van der Waals surface area (Å²) < 4.78 is 0. The minimum absolute atomic E-state index is 0.694. The molecule has 0 aliphatic rings. The molecule has 0 unspecified atom stereocenters. The van der Waals surface area contributed by atoms with Crippen LogP contribution in [0.2, 0.25) is 5.02 Å². The molecule has 0 saturated carbocycles. The molecule has 82 valence electrons. The molecule has 0 saturated heterocycles. The molecule has 2 N–H and O–H groups in total. The van der Waals surface area contributed by atoms with E-state index >= 15 is 0 Å². The SMILES string of the molecule is Cc1cccc(-c2ccc(N)cc2Cl)c1C. The fourth-order valence-electron chi connectivity index (χ4n) is 1.79. The molecule has 0 bridgehead atoms. The predicted molar refractivity (Wildman–Crippen MR) is 70.8 cm³/mol. The van der Waals surface area contributed by atoms with E-state index < -0.39 is 0 Å². The lowest BCUT2D eigenvalue weighted by molar-refractivity contribution is 1.34. The molecule has 0 heterocycles. The summed E-state index contributed by atoms with van der Waals surface area (Å²) in [5, 5.41) is 0.703. The average Bonchev–Trinajstić information content (AvgIpc) is 2.23. The second-order valence-corrected chi connectivity index (χ2v) is 4.39. The van der Waals surface area contributed by atoms with Gasteiger partial charge in [-0.25, -0.2) is 0 Å². The van der Waals surface area contributed by atoms with Crippen molar-refractivity contribution in [1.82, 2.24) is 0 Å². The van der Waals surface area contributed by atoms with E-state index in [1.54, 1.807) is 6.07 Å². The zero-order chi connectivity index (χ0) is 11.7. The summed E-state index contributed by atoms with van der Waals surface area (Å²) in [5.74, 6) is 0. The van der Waals surface area contributed by atoms with Crippen LogP contribution >= 0.6 is 11.6 Å². The van der Waals surface area contributed by atoms with Crippen LogP contribution in [0.1, 0.15) is 11.1 Å². The Hall–Kier alpha value is -1.47. The van der Waals surface area contributed by atoms with Crippen molar-refractivity contribution in [3.05, 3.63) is 52.5 Å². The highest BCUT2D eigenvalue weighted by molar-refractivity contribution is 6.33. The van der Waals surface area contributed by atoms with Crippen LogP contribution in [0.4, 0.5) is 5.69 Å². The van der Waals surface area contributed by atoms with Crippen LogP contribution in [-0.2, 0) is 0 Å². The molecule has 0 radical (unpaired) electrons. The Morgan fingerprint density at radius 1 is 1.00 bits per heavy atom. The predicted octanol–water partition coefficient (Wildman–Crippen LogP) is 4.21. The van der Waals surface area contributed by atoms with Gasteiger partial charge in [0.2, 0.25) is 0 Å². The van der Waals surface area contributed by atoms with Crippen LogP contribution in [0.5, 0.6) is 0 Å². The van der Waals surface area contributed by atoms with Gasteiger partial charge in [-0.1, -0.05) is 35.9 Å². The van der Waals surface area contributed by atoms with Gasteiger partial charge in [0.1, 0.15) is 0 Å². The average molecular weight is 232 g/mol. The maximum atomic E-state index is 6.21. The van der Waals surface area contributed by atoms with Crippen molar-refractivity contribution in [2.75, 3.05) is 5.73 Å². The largest absolute Gasteiger partial charge is 0.399 e. The molecular weight excluding hydrogens is 218 g/mol. The van der Waals surface area contributed by atoms with Gasteiger partial charge < -0.3 is 5.73 Å². The summed E-state index contributed by atoms with van der Waals surface area (Å²) in [6.45, 7) is 4.21. The first-order chi connectivity index (χ1) is 7.59. The molecule has 0 atom stereocenters. The first-order valence-electron chi connectivity index (χ1n) is 5.21. The van der Waals surface area contributed by atoms with Crippen LogP contribution in [-0.4, -0.2) is 0 Å². The third-order valence-electron chi connectivity index (χ3n) is 2.89. The smallest absolute Gasteiger partial charge is 0.0504 e. The quantitative estimate of drug-likeness (QED) is 0.732. The number of anilines is 1. The second kappa shape index (κ2) is 4.18. The molecule has 1 nitrogen and oxygen atoms in total. The van der Waals surface area contributed by atoms with Crippen molar-refractivity contribution >= 4 is 17.3 Å². The highest BCUT2D eigenvalue weighted by atomic mass is 35.5. The van der Waals surface area contributed by atoms with Crippen LogP contribution in [0.25, 0.3) is 11.1 Å². The van der Waals surface area contributed by atoms with Crippen LogP contribution in [0.15, 0.2) is 36.4 Å². The van der Waals surface area contributed by atoms with Gasteiger partial charge in [-0.2, -0.15) is 0 Å². The molecule has 0 aliphatic heterocycles. The Morgan fingerprint density at radius 3 is 2.44 bits per heavy atom. The van der Waals surface area contributed by atoms with Crippen molar-refractivity contribution in [3.8, 4) is 11.1 Å². The van der Waals surface area contributed by atoms with Crippen molar-refractivity contribution in [1.29, 1.82) is 0 Å². The summed E-state index contributed by atoms with van der Waals surface area (Å²) in [7, 11) is 0. The number of benzene rings is 2. The number of rotatable bonds is 1. The Labute approximate surface area is 101 Å². The number of nitrogen functional groups attached to an aromatic ring is 1. The van der Waals surface area contributed by atoms with Gasteiger partial charge in [-0.3, -0.25) is 0 Å². The Bertz CT molecular complexity index is 532. The van der Waals surface area contributed by atoms with Crippen molar-refractivity contribution < 1.29 is 0 Å². The fourth-order valence-corrected chi connectivity index (χ4v) is 2.08. The normalized spacial score (nSPS) is 10.4. The van der Waals surface area contributed by atoms with Gasteiger partial charge in [-0.15, -0.1) is 0 Å². The highest BCUT2D eigenvalue weighted by Gasteiger charge is 2.07. The lowest BCUT2D eigenvalue weighted by atomic mass is 9.97. The number of nitrogens with two attached hydrogens (primary N) is 1. The highest BCUT2D eigenvalue weighted by Crippen LogP contribution is 2.32. The van der Waals surface area contributed by atoms with E-state index in [0.29, 0.717) is 10.7 Å². The van der Waals surface area contributed by atoms with Crippen molar-refractivity contribution in [2.45, 2.75) is 13.8 Å². The summed E-state index contributed by atoms with van der Waals surface area (Å²) in [5.41, 5.74) is 11.1. The van der Waals surface area contributed by atoms with E-state index in [0.717, 1.165) is 5.56 Å². The Morgan fingerprint density at radius 2 is 1.75 bits per heavy atom. The van der Waals surface area contributed by atoms with Gasteiger partial charge in [-0.05, 0) is 42.7 Å². The summed E-state index contributed by atoms with van der Waals surface area (Å²) in [4.78, 5) is 0. The number of halogens is 1. The first kappa shape index (κ1) is 11.0. The zero-order valence-electron chi connectivity index (χ0n) is 9.42. The maximum Gasteiger partial charge on any atom is 0.0504 e. The number of hydrogen-bond donors (Lipinski definition) is 1. The van der Waals surface area contributed by atoms with Gasteiger partial charge in [0.05, 0.1) is 5.02 Å². The minimum atomic E-state index is 0.694. The summed E-state index contributed by atoms with van der Waals surface area (Å²) in [6.07, 6.45) is 0. The van der Waals surface area contributed by atoms with Crippen LogP contribution in [0.3, 0.4) is 0 Å². The third-order valence-corrected chi connectivity index (χ3v) is 3.20. The lowest BCUT2D eigenvalue weighted by Crippen LogP contribution is -1.90. The standard InChI is InChI=1S/C14H14ClN/c1-9-4-3-5-12(10(9)2)13-7-6-11(16)8-14(13)15/h3-8H,16H2,1-2H3. The van der Waals surface area contributed by atoms with Gasteiger partial charge >= 0.3 is 0 Å². The minimum Gasteiger partial charge on any atom is -0.399 e. The zero-order valence-corrected chi connectivity index (χ0v) is 10.2. The second-order valence-electron chi connectivity index (χ2n) is 3.99. The molecule has 0 aliphatic carbocycles. The molecule has 2 heteroatoms. The van der Waals surface area contributed by atoms with E-state index in [-0.39, 0.29) is 0 Å². The Kier molecular flexibility index (Phi) is 2.88. The molecule has 16 heavy (non-hydrogen) atoms. The van der Waals surface area contributed by atoms with Gasteiger partial charge in [0, 0.05) is 11.3 Å². The third kappa shape index (κ3) is 1.91. The molecule has 2 aromatic carbocycles. The first-order valence-corrected chi connectivity index (χ1v) is 5.59. The van der Waals surface area contributed by atoms with E-state index in [4.69, 9.17) is 17.3 Å². The molecule has 0 amide bonds. The molecule has 2 aromatic rings. The topological polar surface area (TPSA) is 26.0 Å². The monoisotopic (exact) mass is 231 g/mol. The van der Waals surface area contributed by atoms with Gasteiger partial charge in [0.15, 0.2) is 0 Å². The van der Waals surface area contributed by atoms with Crippen LogP contribution in [0, 0.1) is 13.8 Å². The van der Waals surface area contributed by atoms with E-state index in [9.17, 15) is 0 Å². The van der Waals surface area contributed by atoms with Crippen molar-refractivity contribution in [2.24, 2.45) is 0 Å². The Balaban J connectivity index is 2.63. The molecule has 2 rings (SSSR count). The van der Waals surface area contributed by atoms with Crippen molar-refractivity contribution in [3.63, 3.8) is 0 Å². The van der Waals surface area contributed by atoms with E-state index in [1.807, 2.05) is 18.2 Å². The summed E-state index contributed by atoms with van der Waals surface area (Å²) >= 11 is 6.21. The summed E-state index contributed by atoms with van der Waals surface area (Å²) in [6, 6.07) is 11.9. The molecule has 0 aromatic heterocycles. The van der Waals surface area contributed by atoms with E-state index in [1.165, 1.54) is 16.7 Å². The number of aryl methyl sites for hydroxylation is 1. The molecule has 0 spiro atoms. The molecule has 0 fully saturated rings. The maximum absolute atomic E-state index is 6.21.